The minimum atomic E-state index is -0.559. The molecule has 0 atom stereocenters. The van der Waals surface area contributed by atoms with Gasteiger partial charge in [-0.05, 0) is 102 Å². The Morgan fingerprint density at radius 1 is 0.281 bits per heavy atom. The highest BCUT2D eigenvalue weighted by atomic mass is 15.1. The molecule has 1 heteroatoms. The summed E-state index contributed by atoms with van der Waals surface area (Å²) in [7, 11) is 0. The Hall–Kier alpha value is -8.26. The third-order valence-corrected chi connectivity index (χ3v) is 13.3. The van der Waals surface area contributed by atoms with Crippen LogP contribution in [-0.2, 0) is 5.41 Å². The van der Waals surface area contributed by atoms with E-state index in [2.05, 4.69) is 266 Å². The second kappa shape index (κ2) is 15.6. The van der Waals surface area contributed by atoms with Crippen molar-refractivity contribution in [3.63, 3.8) is 0 Å². The van der Waals surface area contributed by atoms with Crippen molar-refractivity contribution in [2.24, 2.45) is 0 Å². The fourth-order valence-electron chi connectivity index (χ4n) is 10.6. The highest BCUT2D eigenvalue weighted by Crippen LogP contribution is 2.58. The maximum absolute atomic E-state index is 2.56. The van der Waals surface area contributed by atoms with Crippen LogP contribution in [-0.4, -0.2) is 0 Å². The van der Waals surface area contributed by atoms with Crippen LogP contribution < -0.4 is 4.90 Å². The predicted molar refractivity (Wildman–Crippen MR) is 270 cm³/mol. The highest BCUT2D eigenvalue weighted by molar-refractivity contribution is 6.15. The number of fused-ring (bicyclic) bond motifs is 6. The molecule has 0 radical (unpaired) electrons. The average Bonchev–Trinajstić information content (AvgIpc) is 3.68. The topological polar surface area (TPSA) is 3.24 Å². The van der Waals surface area contributed by atoms with Gasteiger partial charge < -0.3 is 4.90 Å². The van der Waals surface area contributed by atoms with Gasteiger partial charge in [-0.2, -0.15) is 0 Å². The molecule has 0 aromatic heterocycles. The molecule has 1 nitrogen and oxygen atoms in total. The van der Waals surface area contributed by atoms with Crippen LogP contribution in [0.25, 0.3) is 66.1 Å². The second-order valence-corrected chi connectivity index (χ2v) is 16.7. The maximum atomic E-state index is 2.56. The molecule has 0 amide bonds. The summed E-state index contributed by atoms with van der Waals surface area (Å²) in [5.74, 6) is 0. The summed E-state index contributed by atoms with van der Waals surface area (Å²) >= 11 is 0. The minimum Gasteiger partial charge on any atom is -0.309 e. The molecule has 0 unspecified atom stereocenters. The quantitative estimate of drug-likeness (QED) is 0.138. The molecular formula is C63H43N. The van der Waals surface area contributed by atoms with Crippen molar-refractivity contribution < 1.29 is 0 Å². The largest absolute Gasteiger partial charge is 0.309 e. The summed E-state index contributed by atoms with van der Waals surface area (Å²) in [6.07, 6.45) is 0. The van der Waals surface area contributed by atoms with Crippen LogP contribution in [0.5, 0.6) is 0 Å². The van der Waals surface area contributed by atoms with Gasteiger partial charge >= 0.3 is 0 Å². The van der Waals surface area contributed by atoms with Crippen molar-refractivity contribution in [1.82, 2.24) is 0 Å². The third-order valence-electron chi connectivity index (χ3n) is 13.3. The van der Waals surface area contributed by atoms with E-state index >= 15 is 0 Å². The number of benzene rings is 11. The fraction of sp³-hybridized carbons (Fsp3) is 0.0159. The van der Waals surface area contributed by atoms with Crippen molar-refractivity contribution in [2.75, 3.05) is 4.90 Å². The van der Waals surface area contributed by atoms with Crippen LogP contribution in [0.4, 0.5) is 17.1 Å². The van der Waals surface area contributed by atoms with Crippen LogP contribution >= 0.6 is 0 Å². The smallest absolute Gasteiger partial charge is 0.0714 e. The lowest BCUT2D eigenvalue weighted by Gasteiger charge is -2.35. The van der Waals surface area contributed by atoms with Crippen LogP contribution in [0.1, 0.15) is 22.3 Å². The molecule has 0 bridgehead atoms. The Morgan fingerprint density at radius 3 is 1.47 bits per heavy atom. The Morgan fingerprint density at radius 2 is 0.781 bits per heavy atom. The number of nitrogens with zero attached hydrogens (tertiary/aromatic N) is 1. The van der Waals surface area contributed by atoms with Crippen LogP contribution in [0.3, 0.4) is 0 Å². The van der Waals surface area contributed by atoms with Gasteiger partial charge in [0, 0.05) is 16.6 Å². The van der Waals surface area contributed by atoms with Crippen LogP contribution in [0.2, 0.25) is 0 Å². The summed E-state index contributed by atoms with van der Waals surface area (Å²) in [5, 5.41) is 4.85. The van der Waals surface area contributed by atoms with Crippen LogP contribution in [0, 0.1) is 0 Å². The van der Waals surface area contributed by atoms with E-state index < -0.39 is 5.41 Å². The van der Waals surface area contributed by atoms with Crippen molar-refractivity contribution >= 4 is 38.6 Å². The normalized spacial score (nSPS) is 12.5. The first-order chi connectivity index (χ1) is 31.8. The van der Waals surface area contributed by atoms with Gasteiger partial charge in [-0.3, -0.25) is 0 Å². The monoisotopic (exact) mass is 813 g/mol. The van der Waals surface area contributed by atoms with E-state index in [4.69, 9.17) is 0 Å². The zero-order chi connectivity index (χ0) is 42.5. The van der Waals surface area contributed by atoms with E-state index in [1.807, 2.05) is 0 Å². The van der Waals surface area contributed by atoms with Gasteiger partial charge in [0.15, 0.2) is 0 Å². The van der Waals surface area contributed by atoms with Crippen molar-refractivity contribution in [3.05, 3.63) is 283 Å². The summed E-state index contributed by atoms with van der Waals surface area (Å²) in [4.78, 5) is 2.56. The van der Waals surface area contributed by atoms with Gasteiger partial charge in [-0.25, -0.2) is 0 Å². The zero-order valence-corrected chi connectivity index (χ0v) is 35.3. The molecule has 0 saturated carbocycles. The molecule has 0 fully saturated rings. The number of hydrogen-bond donors (Lipinski definition) is 0. The number of hydrogen-bond acceptors (Lipinski definition) is 1. The molecule has 0 spiro atoms. The van der Waals surface area contributed by atoms with E-state index in [1.165, 1.54) is 88.3 Å². The second-order valence-electron chi connectivity index (χ2n) is 16.7. The Labute approximate surface area is 374 Å². The van der Waals surface area contributed by atoms with E-state index in [0.29, 0.717) is 0 Å². The molecular weight excluding hydrogens is 771 g/mol. The van der Waals surface area contributed by atoms with E-state index in [1.54, 1.807) is 0 Å². The molecule has 11 aromatic carbocycles. The average molecular weight is 814 g/mol. The van der Waals surface area contributed by atoms with Crippen molar-refractivity contribution in [2.45, 2.75) is 5.41 Å². The van der Waals surface area contributed by atoms with Gasteiger partial charge in [-0.15, -0.1) is 0 Å². The maximum Gasteiger partial charge on any atom is 0.0714 e. The molecule has 0 saturated heterocycles. The lowest BCUT2D eigenvalue weighted by atomic mass is 9.67. The highest BCUT2D eigenvalue weighted by Gasteiger charge is 2.46. The van der Waals surface area contributed by atoms with Crippen LogP contribution in [0.15, 0.2) is 261 Å². The molecule has 0 aliphatic heterocycles. The molecule has 12 rings (SSSR count). The van der Waals surface area contributed by atoms with E-state index in [-0.39, 0.29) is 0 Å². The van der Waals surface area contributed by atoms with Gasteiger partial charge in [0.2, 0.25) is 0 Å². The summed E-state index contributed by atoms with van der Waals surface area (Å²) in [6.45, 7) is 0. The van der Waals surface area contributed by atoms with Crippen molar-refractivity contribution in [3.8, 4) is 44.5 Å². The molecule has 300 valence electrons. The molecule has 1 aliphatic rings. The Bertz CT molecular complexity index is 3440. The first-order valence-electron chi connectivity index (χ1n) is 22.2. The molecule has 0 N–H and O–H groups in total. The fourth-order valence-corrected chi connectivity index (χ4v) is 10.6. The predicted octanol–water partition coefficient (Wildman–Crippen LogP) is 16.8. The lowest BCUT2D eigenvalue weighted by Crippen LogP contribution is -2.28. The summed E-state index contributed by atoms with van der Waals surface area (Å²) < 4.78 is 0. The van der Waals surface area contributed by atoms with Crippen molar-refractivity contribution in [1.29, 1.82) is 0 Å². The first-order valence-corrected chi connectivity index (χ1v) is 22.2. The number of anilines is 3. The van der Waals surface area contributed by atoms with Gasteiger partial charge in [-0.1, -0.05) is 237 Å². The summed E-state index contributed by atoms with van der Waals surface area (Å²) in [6, 6.07) is 96.1. The number of rotatable bonds is 8. The SMILES string of the molecule is c1ccc(-c2ccccc2-c2c(-c3ccccc3)cccc2N(c2ccc3c(c2)C(c2ccccc2)(c2ccccc2)c2ccccc2-3)c2cc3ccccc3c3ccccc23)cc1. The summed E-state index contributed by atoms with van der Waals surface area (Å²) in [5.41, 5.74) is 17.4. The third kappa shape index (κ3) is 5.93. The Kier molecular flexibility index (Phi) is 9.13. The Balaban J connectivity index is 1.23. The molecule has 64 heavy (non-hydrogen) atoms. The molecule has 0 heterocycles. The molecule has 1 aliphatic carbocycles. The first kappa shape index (κ1) is 37.5. The van der Waals surface area contributed by atoms with Gasteiger partial charge in [0.05, 0.1) is 16.8 Å². The van der Waals surface area contributed by atoms with Gasteiger partial charge in [0.1, 0.15) is 0 Å². The van der Waals surface area contributed by atoms with E-state index in [9.17, 15) is 0 Å². The standard InChI is InChI=1S/C63H43N/c1-5-22-44(23-6-1)50-31-15-18-36-57(50)62-52(45-24-7-2-8-25-45)37-21-39-60(62)64(61-42-46-26-13-14-32-51(46)53-33-16-17-35-56(53)61)49-40-41-55-54-34-19-20-38-58(54)63(59(55)43-49,47-27-9-3-10-28-47)48-29-11-4-12-30-48/h1-43H. The lowest BCUT2D eigenvalue weighted by molar-refractivity contribution is 0.768. The van der Waals surface area contributed by atoms with E-state index in [0.717, 1.165) is 17.1 Å². The molecule has 11 aromatic rings. The minimum absolute atomic E-state index is 0.559. The van der Waals surface area contributed by atoms with Gasteiger partial charge in [0.25, 0.3) is 0 Å². The zero-order valence-electron chi connectivity index (χ0n) is 35.3.